The molecule has 154 valence electrons. The maximum absolute atomic E-state index is 12.5. The van der Waals surface area contributed by atoms with Crippen molar-refractivity contribution in [1.29, 1.82) is 0 Å². The number of nitrogens with one attached hydrogen (secondary N) is 1. The lowest BCUT2D eigenvalue weighted by Crippen LogP contribution is -2.16. The van der Waals surface area contributed by atoms with Gasteiger partial charge in [0, 0.05) is 27.7 Å². The van der Waals surface area contributed by atoms with Crippen LogP contribution in [-0.4, -0.2) is 39.0 Å². The van der Waals surface area contributed by atoms with E-state index in [-0.39, 0.29) is 18.3 Å². The summed E-state index contributed by atoms with van der Waals surface area (Å²) in [6.45, 7) is 7.86. The van der Waals surface area contributed by atoms with Crippen LogP contribution in [0.3, 0.4) is 0 Å². The van der Waals surface area contributed by atoms with Crippen LogP contribution in [0.1, 0.15) is 32.6 Å². The molecule has 0 spiro atoms. The lowest BCUT2D eigenvalue weighted by Gasteiger charge is -2.07. The lowest BCUT2D eigenvalue weighted by molar-refractivity contribution is -0.113. The highest BCUT2D eigenvalue weighted by Crippen LogP contribution is 2.33. The number of ether oxygens (including phenoxy) is 1. The van der Waals surface area contributed by atoms with Crippen LogP contribution in [0.4, 0.5) is 5.00 Å². The number of thioether (sulfide) groups is 1. The molecule has 7 nitrogen and oxygen atoms in total. The Morgan fingerprint density at radius 3 is 2.69 bits per heavy atom. The Morgan fingerprint density at radius 1 is 1.28 bits per heavy atom. The number of anilines is 1. The number of esters is 1. The molecule has 3 rings (SSSR count). The van der Waals surface area contributed by atoms with Crippen LogP contribution in [0.5, 0.6) is 0 Å². The second-order valence-corrected chi connectivity index (χ2v) is 9.64. The number of hydrogen-bond acceptors (Lipinski definition) is 8. The highest BCUT2D eigenvalue weighted by molar-refractivity contribution is 7.99. The average molecular weight is 451 g/mol. The van der Waals surface area contributed by atoms with Gasteiger partial charge in [-0.15, -0.1) is 32.9 Å². The fraction of sp³-hybridized carbons (Fsp3) is 0.368. The summed E-state index contributed by atoms with van der Waals surface area (Å²) >= 11 is 4.34. The van der Waals surface area contributed by atoms with Gasteiger partial charge >= 0.3 is 5.97 Å². The van der Waals surface area contributed by atoms with Gasteiger partial charge in [0.05, 0.1) is 17.9 Å². The van der Waals surface area contributed by atoms with Crippen molar-refractivity contribution in [3.63, 3.8) is 0 Å². The van der Waals surface area contributed by atoms with Crippen molar-refractivity contribution in [3.8, 4) is 11.4 Å². The van der Waals surface area contributed by atoms with Gasteiger partial charge < -0.3 is 14.6 Å². The Kier molecular flexibility index (Phi) is 6.76. The van der Waals surface area contributed by atoms with Crippen LogP contribution in [0.2, 0.25) is 0 Å². The third-order valence-corrected chi connectivity index (χ3v) is 7.28. The Morgan fingerprint density at radius 2 is 2.03 bits per heavy atom. The molecule has 1 amide bonds. The van der Waals surface area contributed by atoms with E-state index in [1.54, 1.807) is 18.3 Å². The molecule has 0 radical (unpaired) electrons. The van der Waals surface area contributed by atoms with Crippen molar-refractivity contribution >= 4 is 51.3 Å². The minimum Gasteiger partial charge on any atom is -0.462 e. The Balaban J connectivity index is 1.68. The first-order chi connectivity index (χ1) is 13.8. The van der Waals surface area contributed by atoms with Gasteiger partial charge in [0.15, 0.2) is 11.0 Å². The predicted octanol–water partition coefficient (Wildman–Crippen LogP) is 4.44. The molecule has 0 aliphatic carbocycles. The molecule has 0 aromatic carbocycles. The molecule has 0 saturated heterocycles. The number of thiophene rings is 2. The van der Waals surface area contributed by atoms with Gasteiger partial charge in [-0.05, 0) is 39.3 Å². The SMILES string of the molecule is CCOC(=O)c1c(NC(=O)CSc2nnc(-c3csc(C)c3)n2C)sc(C)c1C. The van der Waals surface area contributed by atoms with E-state index in [2.05, 4.69) is 21.6 Å². The Bertz CT molecular complexity index is 1050. The second-order valence-electron chi connectivity index (χ2n) is 6.36. The number of amides is 1. The van der Waals surface area contributed by atoms with E-state index >= 15 is 0 Å². The van der Waals surface area contributed by atoms with Gasteiger partial charge in [0.2, 0.25) is 5.91 Å². The van der Waals surface area contributed by atoms with Crippen molar-refractivity contribution in [2.24, 2.45) is 7.05 Å². The first-order valence-electron chi connectivity index (χ1n) is 8.96. The summed E-state index contributed by atoms with van der Waals surface area (Å²) in [7, 11) is 1.88. The number of carbonyl (C=O) groups is 2. The third kappa shape index (κ3) is 4.71. The van der Waals surface area contributed by atoms with Crippen molar-refractivity contribution in [1.82, 2.24) is 14.8 Å². The van der Waals surface area contributed by atoms with Gasteiger partial charge in [-0.25, -0.2) is 4.79 Å². The summed E-state index contributed by atoms with van der Waals surface area (Å²) in [6, 6.07) is 2.06. The number of rotatable bonds is 7. The number of hydrogen-bond donors (Lipinski definition) is 1. The van der Waals surface area contributed by atoms with E-state index in [4.69, 9.17) is 4.74 Å². The zero-order valence-electron chi connectivity index (χ0n) is 16.9. The molecule has 0 saturated carbocycles. The van der Waals surface area contributed by atoms with E-state index in [9.17, 15) is 9.59 Å². The fourth-order valence-corrected chi connectivity index (χ4v) is 5.17. The summed E-state index contributed by atoms with van der Waals surface area (Å²) < 4.78 is 7.00. The summed E-state index contributed by atoms with van der Waals surface area (Å²) in [5, 5.41) is 14.5. The molecule has 3 aromatic rings. The van der Waals surface area contributed by atoms with E-state index in [0.717, 1.165) is 21.8 Å². The first kappa shape index (κ1) is 21.5. The summed E-state index contributed by atoms with van der Waals surface area (Å²) in [4.78, 5) is 26.9. The molecule has 3 aromatic heterocycles. The lowest BCUT2D eigenvalue weighted by atomic mass is 10.1. The highest BCUT2D eigenvalue weighted by Gasteiger charge is 2.22. The van der Waals surface area contributed by atoms with Gasteiger partial charge in [-0.3, -0.25) is 4.79 Å². The molecule has 1 N–H and O–H groups in total. The molecule has 0 fully saturated rings. The van der Waals surface area contributed by atoms with Crippen molar-refractivity contribution in [3.05, 3.63) is 32.3 Å². The van der Waals surface area contributed by atoms with Crippen LogP contribution in [0.15, 0.2) is 16.6 Å². The third-order valence-electron chi connectivity index (χ3n) is 4.27. The second kappa shape index (κ2) is 9.10. The standard InChI is InChI=1S/C19H22N4O3S3/c1-6-26-18(25)15-11(3)12(4)29-17(15)20-14(24)9-28-19-22-21-16(23(19)5)13-7-10(2)27-8-13/h7-8H,6,9H2,1-5H3,(H,20,24). The maximum Gasteiger partial charge on any atom is 0.341 e. The minimum atomic E-state index is -0.415. The quantitative estimate of drug-likeness (QED) is 0.423. The summed E-state index contributed by atoms with van der Waals surface area (Å²) in [6.07, 6.45) is 0. The molecule has 0 bridgehead atoms. The van der Waals surface area contributed by atoms with Crippen LogP contribution in [0.25, 0.3) is 11.4 Å². The molecule has 0 atom stereocenters. The predicted molar refractivity (Wildman–Crippen MR) is 118 cm³/mol. The number of nitrogens with zero attached hydrogens (tertiary/aromatic N) is 3. The molecule has 3 heterocycles. The average Bonchev–Trinajstić information content (AvgIpc) is 3.32. The highest BCUT2D eigenvalue weighted by atomic mass is 32.2. The van der Waals surface area contributed by atoms with Crippen LogP contribution in [0, 0.1) is 20.8 Å². The zero-order chi connectivity index (χ0) is 21.1. The Hall–Kier alpha value is -2.17. The zero-order valence-corrected chi connectivity index (χ0v) is 19.3. The first-order valence-corrected chi connectivity index (χ1v) is 11.6. The maximum atomic E-state index is 12.5. The van der Waals surface area contributed by atoms with Crippen LogP contribution in [-0.2, 0) is 16.6 Å². The number of carbonyl (C=O) groups excluding carboxylic acids is 2. The van der Waals surface area contributed by atoms with E-state index < -0.39 is 5.97 Å². The van der Waals surface area contributed by atoms with Gasteiger partial charge in [-0.1, -0.05) is 11.8 Å². The van der Waals surface area contributed by atoms with Crippen molar-refractivity contribution in [2.75, 3.05) is 17.7 Å². The normalized spacial score (nSPS) is 10.9. The summed E-state index contributed by atoms with van der Waals surface area (Å²) in [5.41, 5.74) is 2.28. The molecule has 29 heavy (non-hydrogen) atoms. The molecular formula is C19H22N4O3S3. The summed E-state index contributed by atoms with van der Waals surface area (Å²) in [5.74, 6) is 0.304. The van der Waals surface area contributed by atoms with E-state index in [1.165, 1.54) is 28.0 Å². The molecule has 0 unspecified atom stereocenters. The van der Waals surface area contributed by atoms with E-state index in [0.29, 0.717) is 15.7 Å². The molecule has 0 aliphatic heterocycles. The minimum absolute atomic E-state index is 0.160. The monoisotopic (exact) mass is 450 g/mol. The van der Waals surface area contributed by atoms with Crippen LogP contribution >= 0.6 is 34.4 Å². The van der Waals surface area contributed by atoms with Crippen LogP contribution < -0.4 is 5.32 Å². The number of aromatic nitrogens is 3. The Labute approximate surface area is 181 Å². The van der Waals surface area contributed by atoms with Gasteiger partial charge in [0.25, 0.3) is 0 Å². The molecule has 10 heteroatoms. The number of aryl methyl sites for hydroxylation is 2. The van der Waals surface area contributed by atoms with Crippen molar-refractivity contribution in [2.45, 2.75) is 32.9 Å². The van der Waals surface area contributed by atoms with Crippen molar-refractivity contribution < 1.29 is 14.3 Å². The molecule has 0 aliphatic rings. The fourth-order valence-electron chi connectivity index (χ4n) is 2.71. The van der Waals surface area contributed by atoms with Gasteiger partial charge in [0.1, 0.15) is 5.00 Å². The van der Waals surface area contributed by atoms with Gasteiger partial charge in [-0.2, -0.15) is 0 Å². The topological polar surface area (TPSA) is 86.1 Å². The largest absolute Gasteiger partial charge is 0.462 e. The smallest absolute Gasteiger partial charge is 0.341 e. The van der Waals surface area contributed by atoms with E-state index in [1.807, 2.05) is 37.8 Å². The molecular weight excluding hydrogens is 428 g/mol.